The van der Waals surface area contributed by atoms with Crippen LogP contribution in [-0.2, 0) is 6.18 Å². The molecule has 84 valence electrons. The van der Waals surface area contributed by atoms with E-state index in [1.807, 2.05) is 0 Å². The number of hydrogen-bond donors (Lipinski definition) is 0. The minimum absolute atomic E-state index is 0.0787. The Labute approximate surface area is 101 Å². The van der Waals surface area contributed by atoms with Crippen molar-refractivity contribution in [2.75, 3.05) is 0 Å². The van der Waals surface area contributed by atoms with Gasteiger partial charge in [-0.3, -0.25) is 0 Å². The van der Waals surface area contributed by atoms with Crippen molar-refractivity contribution >= 4 is 33.6 Å². The van der Waals surface area contributed by atoms with Gasteiger partial charge in [0.05, 0.1) is 6.20 Å². The fourth-order valence-electron chi connectivity index (χ4n) is 1.21. The van der Waals surface area contributed by atoms with Crippen LogP contribution in [0.1, 0.15) is 5.69 Å². The molecule has 0 amide bonds. The number of fused-ring (bicyclic) bond motifs is 1. The van der Waals surface area contributed by atoms with E-state index < -0.39 is 17.7 Å². The Morgan fingerprint density at radius 3 is 2.50 bits per heavy atom. The molecule has 7 heteroatoms. The molecule has 0 bridgehead atoms. The van der Waals surface area contributed by atoms with E-state index in [2.05, 4.69) is 9.97 Å². The van der Waals surface area contributed by atoms with Crippen molar-refractivity contribution in [2.45, 2.75) is 6.18 Å². The Morgan fingerprint density at radius 2 is 1.88 bits per heavy atom. The predicted molar refractivity (Wildman–Crippen MR) is 57.2 cm³/mol. The first-order valence-corrected chi connectivity index (χ1v) is 5.15. The van der Waals surface area contributed by atoms with E-state index in [4.69, 9.17) is 0 Å². The van der Waals surface area contributed by atoms with Crippen molar-refractivity contribution in [1.82, 2.24) is 9.97 Å². The summed E-state index contributed by atoms with van der Waals surface area (Å²) >= 11 is 1.51. The molecule has 2 nitrogen and oxygen atoms in total. The lowest BCUT2D eigenvalue weighted by Crippen LogP contribution is -2.11. The number of halogens is 5. The molecule has 0 radical (unpaired) electrons. The molecule has 0 aromatic carbocycles. The van der Waals surface area contributed by atoms with Gasteiger partial charge in [0.1, 0.15) is 5.82 Å². The minimum atomic E-state index is -4.53. The number of hydrogen-bond acceptors (Lipinski definition) is 2. The van der Waals surface area contributed by atoms with Gasteiger partial charge in [0.25, 0.3) is 0 Å². The van der Waals surface area contributed by atoms with Gasteiger partial charge in [-0.2, -0.15) is 13.2 Å². The summed E-state index contributed by atoms with van der Waals surface area (Å²) in [5, 5.41) is 0.248. The Hall–Kier alpha value is -0.990. The second-order valence-corrected chi connectivity index (χ2v) is 4.18. The van der Waals surface area contributed by atoms with Crippen molar-refractivity contribution in [3.05, 3.63) is 33.4 Å². The highest BCUT2D eigenvalue weighted by Gasteiger charge is 2.35. The first-order chi connectivity index (χ1) is 7.38. The Kier molecular flexibility index (Phi) is 2.72. The number of aromatic nitrogens is 2. The maximum Gasteiger partial charge on any atom is 0.434 e. The second kappa shape index (κ2) is 3.79. The lowest BCUT2D eigenvalue weighted by Gasteiger charge is -2.08. The van der Waals surface area contributed by atoms with Gasteiger partial charge in [-0.05, 0) is 34.7 Å². The first kappa shape index (κ1) is 11.5. The van der Waals surface area contributed by atoms with Gasteiger partial charge < -0.3 is 0 Å². The van der Waals surface area contributed by atoms with Gasteiger partial charge in [-0.25, -0.2) is 14.4 Å². The molecule has 0 aliphatic heterocycles. The molecule has 0 fully saturated rings. The standard InChI is InChI=1S/C9H3F4IN2/c10-5-1-4-2-6(14)7(9(11,12)13)16-8(4)15-3-5/h1-3H. The summed E-state index contributed by atoms with van der Waals surface area (Å²) in [4.78, 5) is 6.88. The number of pyridine rings is 2. The zero-order valence-electron chi connectivity index (χ0n) is 7.52. The molecule has 2 heterocycles. The average Bonchev–Trinajstić information content (AvgIpc) is 2.14. The van der Waals surface area contributed by atoms with Crippen LogP contribution in [0.2, 0.25) is 0 Å². The van der Waals surface area contributed by atoms with Crippen molar-refractivity contribution in [3.8, 4) is 0 Å². The Bertz CT molecular complexity index is 553. The lowest BCUT2D eigenvalue weighted by atomic mass is 10.2. The van der Waals surface area contributed by atoms with Crippen LogP contribution in [0.25, 0.3) is 11.0 Å². The van der Waals surface area contributed by atoms with Crippen LogP contribution in [-0.4, -0.2) is 9.97 Å². The average molecular weight is 342 g/mol. The van der Waals surface area contributed by atoms with Gasteiger partial charge in [0, 0.05) is 8.96 Å². The fourth-order valence-corrected chi connectivity index (χ4v) is 1.97. The van der Waals surface area contributed by atoms with E-state index in [0.717, 1.165) is 12.3 Å². The van der Waals surface area contributed by atoms with E-state index in [-0.39, 0.29) is 14.6 Å². The van der Waals surface area contributed by atoms with Gasteiger partial charge in [-0.1, -0.05) is 0 Å². The third-order valence-electron chi connectivity index (χ3n) is 1.86. The SMILES string of the molecule is Fc1cnc2nc(C(F)(F)F)c(I)cc2c1. The molecular formula is C9H3F4IN2. The molecule has 0 atom stereocenters. The molecule has 0 saturated heterocycles. The van der Waals surface area contributed by atoms with Crippen LogP contribution < -0.4 is 0 Å². The number of rotatable bonds is 0. The third-order valence-corrected chi connectivity index (χ3v) is 2.68. The highest BCUT2D eigenvalue weighted by atomic mass is 127. The van der Waals surface area contributed by atoms with Crippen LogP contribution in [0.4, 0.5) is 17.6 Å². The molecule has 0 saturated carbocycles. The molecule has 0 aliphatic carbocycles. The topological polar surface area (TPSA) is 25.8 Å². The molecule has 0 spiro atoms. The second-order valence-electron chi connectivity index (χ2n) is 3.02. The molecule has 2 aromatic heterocycles. The maximum absolute atomic E-state index is 12.8. The van der Waals surface area contributed by atoms with Crippen LogP contribution in [0.5, 0.6) is 0 Å². The Morgan fingerprint density at radius 1 is 1.19 bits per heavy atom. The van der Waals surface area contributed by atoms with E-state index in [1.165, 1.54) is 28.7 Å². The molecule has 0 aliphatic rings. The predicted octanol–water partition coefficient (Wildman–Crippen LogP) is 3.39. The first-order valence-electron chi connectivity index (χ1n) is 4.07. The zero-order chi connectivity index (χ0) is 11.9. The number of alkyl halides is 3. The normalized spacial score (nSPS) is 12.1. The molecule has 2 aromatic rings. The highest BCUT2D eigenvalue weighted by molar-refractivity contribution is 14.1. The van der Waals surface area contributed by atoms with Crippen molar-refractivity contribution in [2.24, 2.45) is 0 Å². The van der Waals surface area contributed by atoms with Gasteiger partial charge in [0.2, 0.25) is 0 Å². The van der Waals surface area contributed by atoms with Crippen molar-refractivity contribution < 1.29 is 17.6 Å². The summed E-state index contributed by atoms with van der Waals surface area (Å²) in [5.41, 5.74) is -1.12. The van der Waals surface area contributed by atoms with E-state index in [9.17, 15) is 17.6 Å². The smallest absolute Gasteiger partial charge is 0.234 e. The molecule has 2 rings (SSSR count). The third kappa shape index (κ3) is 2.08. The van der Waals surface area contributed by atoms with Crippen LogP contribution in [0.15, 0.2) is 18.3 Å². The van der Waals surface area contributed by atoms with Crippen molar-refractivity contribution in [1.29, 1.82) is 0 Å². The summed E-state index contributed by atoms with van der Waals surface area (Å²) < 4.78 is 50.2. The molecule has 0 unspecified atom stereocenters. The van der Waals surface area contributed by atoms with Crippen LogP contribution in [0, 0.1) is 9.39 Å². The maximum atomic E-state index is 12.8. The summed E-state index contributed by atoms with van der Waals surface area (Å²) in [5.74, 6) is -0.607. The summed E-state index contributed by atoms with van der Waals surface area (Å²) in [6.45, 7) is 0. The molecule has 0 N–H and O–H groups in total. The van der Waals surface area contributed by atoms with Gasteiger partial charge >= 0.3 is 6.18 Å². The highest BCUT2D eigenvalue weighted by Crippen LogP contribution is 2.32. The number of nitrogens with zero attached hydrogens (tertiary/aromatic N) is 2. The van der Waals surface area contributed by atoms with Crippen LogP contribution in [0.3, 0.4) is 0 Å². The largest absolute Gasteiger partial charge is 0.434 e. The summed E-state index contributed by atoms with van der Waals surface area (Å²) in [6, 6.07) is 2.31. The van der Waals surface area contributed by atoms with Crippen molar-refractivity contribution in [3.63, 3.8) is 0 Å². The Balaban J connectivity index is 2.72. The van der Waals surface area contributed by atoms with E-state index in [1.54, 1.807) is 0 Å². The lowest BCUT2D eigenvalue weighted by molar-refractivity contribution is -0.141. The van der Waals surface area contributed by atoms with Gasteiger partial charge in [0.15, 0.2) is 11.3 Å². The monoisotopic (exact) mass is 342 g/mol. The zero-order valence-corrected chi connectivity index (χ0v) is 9.67. The quantitative estimate of drug-likeness (QED) is 0.542. The summed E-state index contributed by atoms with van der Waals surface area (Å²) in [7, 11) is 0. The fraction of sp³-hybridized carbons (Fsp3) is 0.111. The molecule has 16 heavy (non-hydrogen) atoms. The van der Waals surface area contributed by atoms with E-state index in [0.29, 0.717) is 0 Å². The van der Waals surface area contributed by atoms with Gasteiger partial charge in [-0.15, -0.1) is 0 Å². The van der Waals surface area contributed by atoms with E-state index >= 15 is 0 Å². The molecular weight excluding hydrogens is 339 g/mol. The van der Waals surface area contributed by atoms with Crippen LogP contribution >= 0.6 is 22.6 Å². The summed E-state index contributed by atoms with van der Waals surface area (Å²) in [6.07, 6.45) is -3.69. The minimum Gasteiger partial charge on any atom is -0.234 e.